The Bertz CT molecular complexity index is 469. The Morgan fingerprint density at radius 2 is 2.05 bits per heavy atom. The second-order valence-corrected chi connectivity index (χ2v) is 4.59. The van der Waals surface area contributed by atoms with Gasteiger partial charge in [0.1, 0.15) is 0 Å². The first kappa shape index (κ1) is 13.7. The van der Waals surface area contributed by atoms with Crippen molar-refractivity contribution in [3.8, 4) is 5.75 Å². The van der Waals surface area contributed by atoms with Gasteiger partial charge in [-0.05, 0) is 11.6 Å². The van der Waals surface area contributed by atoms with E-state index in [-0.39, 0.29) is 11.4 Å². The number of ether oxygens (including phenoxy) is 1. The summed E-state index contributed by atoms with van der Waals surface area (Å²) >= 11 is 0. The highest BCUT2D eigenvalue weighted by Crippen LogP contribution is 2.28. The quantitative estimate of drug-likeness (QED) is 0.595. The van der Waals surface area contributed by atoms with Gasteiger partial charge in [-0.25, -0.2) is 0 Å². The Hall–Kier alpha value is -1.70. The van der Waals surface area contributed by atoms with Crippen LogP contribution in [0.4, 0.5) is 5.69 Å². The van der Waals surface area contributed by atoms with Crippen LogP contribution >= 0.6 is 0 Å². The molecule has 7 heteroatoms. The van der Waals surface area contributed by atoms with Gasteiger partial charge in [-0.15, -0.1) is 0 Å². The van der Waals surface area contributed by atoms with Crippen LogP contribution in [0.2, 0.25) is 0 Å². The van der Waals surface area contributed by atoms with Crippen LogP contribution < -0.4 is 4.74 Å². The molecule has 0 aliphatic carbocycles. The molecule has 1 aliphatic heterocycles. The number of nitrogens with zero attached hydrogens (tertiary/aromatic N) is 2. The zero-order chi connectivity index (χ0) is 14.0. The lowest BCUT2D eigenvalue weighted by Crippen LogP contribution is -2.22. The van der Waals surface area contributed by atoms with Crippen LogP contribution in [-0.4, -0.2) is 52.4 Å². The molecule has 0 spiro atoms. The van der Waals surface area contributed by atoms with Gasteiger partial charge in [-0.1, -0.05) is 6.07 Å². The van der Waals surface area contributed by atoms with E-state index in [0.717, 1.165) is 5.56 Å². The third-order valence-corrected chi connectivity index (χ3v) is 3.18. The van der Waals surface area contributed by atoms with Gasteiger partial charge >= 0.3 is 5.69 Å². The first-order valence-electron chi connectivity index (χ1n) is 5.91. The van der Waals surface area contributed by atoms with Crippen molar-refractivity contribution in [3.05, 3.63) is 33.9 Å². The monoisotopic (exact) mass is 268 g/mol. The van der Waals surface area contributed by atoms with Crippen LogP contribution in [0.15, 0.2) is 18.2 Å². The molecule has 1 aromatic rings. The summed E-state index contributed by atoms with van der Waals surface area (Å²) in [6.07, 6.45) is -1.51. The number of aliphatic hydroxyl groups excluding tert-OH is 2. The van der Waals surface area contributed by atoms with Crippen molar-refractivity contribution in [1.82, 2.24) is 4.90 Å². The zero-order valence-electron chi connectivity index (χ0n) is 10.5. The summed E-state index contributed by atoms with van der Waals surface area (Å²) < 4.78 is 4.93. The molecule has 2 rings (SSSR count). The van der Waals surface area contributed by atoms with Crippen LogP contribution in [0.5, 0.6) is 5.75 Å². The number of β-amino-alcohol motifs (C(OH)–C–C–N with tert-alkyl or cyclic N) is 2. The SMILES string of the molecule is COc1ccc(CN2CC(O)C(O)C2)cc1[N+](=O)[O-]. The Balaban J connectivity index is 2.13. The summed E-state index contributed by atoms with van der Waals surface area (Å²) in [6.45, 7) is 1.17. The van der Waals surface area contributed by atoms with Gasteiger partial charge in [0, 0.05) is 25.7 Å². The second kappa shape index (κ2) is 5.52. The van der Waals surface area contributed by atoms with Gasteiger partial charge in [0.05, 0.1) is 24.2 Å². The molecule has 1 saturated heterocycles. The molecule has 1 aromatic carbocycles. The number of benzene rings is 1. The molecule has 0 saturated carbocycles. The lowest BCUT2D eigenvalue weighted by atomic mass is 10.2. The highest BCUT2D eigenvalue weighted by Gasteiger charge is 2.29. The highest BCUT2D eigenvalue weighted by atomic mass is 16.6. The maximum atomic E-state index is 10.9. The van der Waals surface area contributed by atoms with Crippen LogP contribution in [0.1, 0.15) is 5.56 Å². The number of nitro benzene ring substituents is 1. The topological polar surface area (TPSA) is 96.1 Å². The predicted molar refractivity (Wildman–Crippen MR) is 66.9 cm³/mol. The molecule has 0 amide bonds. The molecule has 1 fully saturated rings. The van der Waals surface area contributed by atoms with E-state index in [0.29, 0.717) is 19.6 Å². The maximum Gasteiger partial charge on any atom is 0.311 e. The summed E-state index contributed by atoms with van der Waals surface area (Å²) in [4.78, 5) is 12.3. The van der Waals surface area contributed by atoms with Crippen molar-refractivity contribution >= 4 is 5.69 Å². The normalized spacial score (nSPS) is 23.5. The summed E-state index contributed by atoms with van der Waals surface area (Å²) in [5, 5.41) is 29.8. The Morgan fingerprint density at radius 1 is 1.42 bits per heavy atom. The molecule has 1 aliphatic rings. The van der Waals surface area contributed by atoms with Crippen molar-refractivity contribution in [1.29, 1.82) is 0 Å². The van der Waals surface area contributed by atoms with Crippen molar-refractivity contribution in [2.45, 2.75) is 18.8 Å². The number of aliphatic hydroxyl groups is 2. The second-order valence-electron chi connectivity index (χ2n) is 4.59. The van der Waals surface area contributed by atoms with E-state index in [1.165, 1.54) is 13.2 Å². The number of rotatable bonds is 4. The largest absolute Gasteiger partial charge is 0.490 e. The van der Waals surface area contributed by atoms with Gasteiger partial charge < -0.3 is 14.9 Å². The van der Waals surface area contributed by atoms with E-state index in [1.54, 1.807) is 12.1 Å². The summed E-state index contributed by atoms with van der Waals surface area (Å²) in [5.41, 5.74) is 0.661. The standard InChI is InChI=1S/C12H16N2O5/c1-19-12-3-2-8(4-9(12)14(17)18)5-13-6-10(15)11(16)7-13/h2-4,10-11,15-16H,5-7H2,1H3. The van der Waals surface area contributed by atoms with E-state index < -0.39 is 17.1 Å². The third-order valence-electron chi connectivity index (χ3n) is 3.18. The smallest absolute Gasteiger partial charge is 0.311 e. The van der Waals surface area contributed by atoms with Crippen LogP contribution in [-0.2, 0) is 6.54 Å². The first-order valence-corrected chi connectivity index (χ1v) is 5.91. The molecule has 2 unspecified atom stereocenters. The Kier molecular flexibility index (Phi) is 3.98. The number of hydrogen-bond donors (Lipinski definition) is 2. The molecule has 0 radical (unpaired) electrons. The Labute approximate surface area is 110 Å². The number of methoxy groups -OCH3 is 1. The molecule has 0 bridgehead atoms. The van der Waals surface area contributed by atoms with E-state index in [1.807, 2.05) is 4.90 Å². The van der Waals surface area contributed by atoms with Gasteiger partial charge in [0.2, 0.25) is 0 Å². The lowest BCUT2D eigenvalue weighted by Gasteiger charge is -2.14. The highest BCUT2D eigenvalue weighted by molar-refractivity contribution is 5.48. The minimum absolute atomic E-state index is 0.0831. The third kappa shape index (κ3) is 3.01. The molecular weight excluding hydrogens is 252 g/mol. The van der Waals surface area contributed by atoms with Gasteiger partial charge in [-0.3, -0.25) is 15.0 Å². The minimum atomic E-state index is -0.756. The van der Waals surface area contributed by atoms with Gasteiger partial charge in [0.25, 0.3) is 0 Å². The first-order chi connectivity index (χ1) is 9.01. The number of hydrogen-bond acceptors (Lipinski definition) is 6. The van der Waals surface area contributed by atoms with Crippen molar-refractivity contribution in [2.24, 2.45) is 0 Å². The van der Waals surface area contributed by atoms with Crippen molar-refractivity contribution in [3.63, 3.8) is 0 Å². The number of likely N-dealkylation sites (tertiary alicyclic amines) is 1. The van der Waals surface area contributed by atoms with Crippen LogP contribution in [0, 0.1) is 10.1 Å². The molecule has 0 aromatic heterocycles. The molecule has 2 atom stereocenters. The van der Waals surface area contributed by atoms with Crippen LogP contribution in [0.3, 0.4) is 0 Å². The van der Waals surface area contributed by atoms with E-state index in [9.17, 15) is 20.3 Å². The predicted octanol–water partition coefficient (Wildman–Crippen LogP) is 0.141. The average molecular weight is 268 g/mol. The average Bonchev–Trinajstić information content (AvgIpc) is 2.68. The van der Waals surface area contributed by atoms with E-state index in [2.05, 4.69) is 0 Å². The summed E-state index contributed by atoms with van der Waals surface area (Å²) in [5.74, 6) is 0.218. The van der Waals surface area contributed by atoms with E-state index in [4.69, 9.17) is 4.74 Å². The fraction of sp³-hybridized carbons (Fsp3) is 0.500. The number of nitro groups is 1. The van der Waals surface area contributed by atoms with Crippen molar-refractivity contribution < 1.29 is 19.9 Å². The molecule has 7 nitrogen and oxygen atoms in total. The summed E-state index contributed by atoms with van der Waals surface area (Å²) in [7, 11) is 1.38. The van der Waals surface area contributed by atoms with Gasteiger partial charge in [-0.2, -0.15) is 0 Å². The zero-order valence-corrected chi connectivity index (χ0v) is 10.5. The molecule has 19 heavy (non-hydrogen) atoms. The fourth-order valence-corrected chi connectivity index (χ4v) is 2.21. The maximum absolute atomic E-state index is 10.9. The minimum Gasteiger partial charge on any atom is -0.490 e. The Morgan fingerprint density at radius 3 is 2.58 bits per heavy atom. The van der Waals surface area contributed by atoms with E-state index >= 15 is 0 Å². The van der Waals surface area contributed by atoms with Crippen molar-refractivity contribution in [2.75, 3.05) is 20.2 Å². The lowest BCUT2D eigenvalue weighted by molar-refractivity contribution is -0.385. The molecular formula is C12H16N2O5. The fourth-order valence-electron chi connectivity index (χ4n) is 2.21. The summed E-state index contributed by atoms with van der Waals surface area (Å²) in [6, 6.07) is 4.75. The molecule has 104 valence electrons. The molecule has 2 N–H and O–H groups in total. The molecule has 1 heterocycles. The van der Waals surface area contributed by atoms with Gasteiger partial charge in [0.15, 0.2) is 5.75 Å². The van der Waals surface area contributed by atoms with Crippen LogP contribution in [0.25, 0.3) is 0 Å².